The number of carbonyl (C=O) groups is 1. The summed E-state index contributed by atoms with van der Waals surface area (Å²) >= 11 is 1.63. The molecule has 0 spiro atoms. The number of rotatable bonds is 10. The van der Waals surface area contributed by atoms with E-state index in [4.69, 9.17) is 0 Å². The predicted octanol–water partition coefficient (Wildman–Crippen LogP) is 8.30. The minimum Gasteiger partial charge on any atom is -0.406 e. The van der Waals surface area contributed by atoms with Crippen LogP contribution in [0.25, 0.3) is 17.1 Å². The van der Waals surface area contributed by atoms with E-state index in [0.717, 1.165) is 60.0 Å². The smallest absolute Gasteiger partial charge is 0.406 e. The van der Waals surface area contributed by atoms with Crippen LogP contribution in [0.1, 0.15) is 55.7 Å². The summed E-state index contributed by atoms with van der Waals surface area (Å²) in [6.45, 7) is 7.71. The fraction of sp³-hybridized carbons (Fsp3) is 0.353. The van der Waals surface area contributed by atoms with E-state index in [-0.39, 0.29) is 17.7 Å². The molecule has 1 saturated heterocycles. The molecule has 1 aliphatic heterocycles. The van der Waals surface area contributed by atoms with Crippen LogP contribution in [0, 0.1) is 6.92 Å². The topological polar surface area (TPSA) is 84.6 Å². The highest BCUT2D eigenvalue weighted by Crippen LogP contribution is 2.30. The van der Waals surface area contributed by atoms with E-state index in [0.29, 0.717) is 18.1 Å². The maximum absolute atomic E-state index is 12.9. The fourth-order valence-corrected chi connectivity index (χ4v) is 6.20. The third kappa shape index (κ3) is 8.68. The zero-order chi connectivity index (χ0) is 32.7. The number of aryl methyl sites for hydroxylation is 2. The molecule has 1 aliphatic rings. The summed E-state index contributed by atoms with van der Waals surface area (Å²) < 4.78 is 42.7. The van der Waals surface area contributed by atoms with Gasteiger partial charge in [-0.25, -0.2) is 14.5 Å². The number of alkyl halides is 3. The SMILES string of the molecule is CCCc1ccc(C)cc1N1CCCSC1=NC(=O)NCCC(C)c1ccc(-c2ncn(-c3ccc(OC(F)(F)F)cc3)n2)cc1. The van der Waals surface area contributed by atoms with Gasteiger partial charge in [-0.15, -0.1) is 18.3 Å². The quantitative estimate of drug-likeness (QED) is 0.186. The predicted molar refractivity (Wildman–Crippen MR) is 177 cm³/mol. The first kappa shape index (κ1) is 33.1. The van der Waals surface area contributed by atoms with Gasteiger partial charge in [-0.1, -0.05) is 68.4 Å². The summed E-state index contributed by atoms with van der Waals surface area (Å²) in [5.74, 6) is 1.31. The Hall–Kier alpha value is -4.32. The number of amides is 2. The summed E-state index contributed by atoms with van der Waals surface area (Å²) in [4.78, 5) is 23.9. The summed E-state index contributed by atoms with van der Waals surface area (Å²) in [6, 6.07) is 19.5. The number of benzene rings is 3. The van der Waals surface area contributed by atoms with Crippen molar-refractivity contribution in [1.82, 2.24) is 20.1 Å². The number of hydrogen-bond acceptors (Lipinski definition) is 5. The average Bonchev–Trinajstić information content (AvgIpc) is 3.52. The van der Waals surface area contributed by atoms with Crippen LogP contribution in [0.2, 0.25) is 0 Å². The van der Waals surface area contributed by atoms with Crippen molar-refractivity contribution in [2.24, 2.45) is 4.99 Å². The summed E-state index contributed by atoms with van der Waals surface area (Å²) in [7, 11) is 0. The van der Waals surface area contributed by atoms with E-state index >= 15 is 0 Å². The lowest BCUT2D eigenvalue weighted by Gasteiger charge is -2.31. The Labute approximate surface area is 271 Å². The van der Waals surface area contributed by atoms with Gasteiger partial charge in [-0.2, -0.15) is 4.99 Å². The Morgan fingerprint density at radius 2 is 1.87 bits per heavy atom. The molecule has 46 heavy (non-hydrogen) atoms. The molecular formula is C34H37F3N6O2S. The lowest BCUT2D eigenvalue weighted by Crippen LogP contribution is -2.36. The number of hydrogen-bond donors (Lipinski definition) is 1. The standard InChI is InChI=1S/C34H37F3N6O2S/c1-4-6-26-8-7-23(2)21-30(26)42-19-5-20-46-33(42)40-32(44)38-18-17-24(3)25-9-11-27(12-10-25)31-39-22-43(41-31)28-13-15-29(16-14-28)45-34(35,36)37/h7-16,21-22,24H,4-6,17-20H2,1-3H3,(H,38,44). The number of amidine groups is 1. The van der Waals surface area contributed by atoms with Gasteiger partial charge in [0.25, 0.3) is 0 Å². The molecule has 0 aliphatic carbocycles. The molecule has 0 saturated carbocycles. The molecule has 1 atom stereocenters. The highest BCUT2D eigenvalue weighted by molar-refractivity contribution is 8.14. The first-order valence-corrected chi connectivity index (χ1v) is 16.3. The second-order valence-corrected chi connectivity index (χ2v) is 12.3. The van der Waals surface area contributed by atoms with Crippen LogP contribution in [0.15, 0.2) is 78.0 Å². The van der Waals surface area contributed by atoms with Gasteiger partial charge >= 0.3 is 12.4 Å². The Bertz CT molecular complexity index is 1650. The van der Waals surface area contributed by atoms with Crippen molar-refractivity contribution in [3.63, 3.8) is 0 Å². The first-order valence-electron chi connectivity index (χ1n) is 15.3. The van der Waals surface area contributed by atoms with Crippen LogP contribution >= 0.6 is 11.8 Å². The van der Waals surface area contributed by atoms with E-state index in [2.05, 4.69) is 69.0 Å². The van der Waals surface area contributed by atoms with Crippen molar-refractivity contribution >= 4 is 28.6 Å². The normalized spacial score (nSPS) is 15.2. The van der Waals surface area contributed by atoms with Crippen molar-refractivity contribution in [2.75, 3.05) is 23.7 Å². The number of aliphatic imine (C=N–C) groups is 1. The number of ether oxygens (including phenoxy) is 1. The molecule has 1 N–H and O–H groups in total. The third-order valence-corrected chi connectivity index (χ3v) is 8.72. The Kier molecular flexibility index (Phi) is 10.7. The fourth-order valence-electron chi connectivity index (χ4n) is 5.25. The van der Waals surface area contributed by atoms with Gasteiger partial charge in [0.1, 0.15) is 12.1 Å². The summed E-state index contributed by atoms with van der Waals surface area (Å²) in [5.41, 5.74) is 6.09. The number of urea groups is 1. The molecule has 242 valence electrons. The molecule has 5 rings (SSSR count). The van der Waals surface area contributed by atoms with Crippen LogP contribution in [-0.4, -0.2) is 51.2 Å². The zero-order valence-corrected chi connectivity index (χ0v) is 26.9. The molecule has 3 aromatic carbocycles. The van der Waals surface area contributed by atoms with Crippen molar-refractivity contribution in [2.45, 2.75) is 58.7 Å². The minimum atomic E-state index is -4.74. The molecule has 2 heterocycles. The minimum absolute atomic E-state index is 0.189. The van der Waals surface area contributed by atoms with E-state index < -0.39 is 6.36 Å². The lowest BCUT2D eigenvalue weighted by molar-refractivity contribution is -0.274. The number of thioether (sulfide) groups is 1. The Morgan fingerprint density at radius 1 is 1.11 bits per heavy atom. The van der Waals surface area contributed by atoms with Crippen molar-refractivity contribution in [3.8, 4) is 22.8 Å². The van der Waals surface area contributed by atoms with E-state index in [1.807, 2.05) is 24.3 Å². The summed E-state index contributed by atoms with van der Waals surface area (Å²) in [6.07, 6.45) is 0.579. The Balaban J connectivity index is 1.15. The van der Waals surface area contributed by atoms with Gasteiger partial charge < -0.3 is 15.0 Å². The maximum Gasteiger partial charge on any atom is 0.573 e. The Morgan fingerprint density at radius 3 is 2.59 bits per heavy atom. The van der Waals surface area contributed by atoms with Crippen LogP contribution in [0.5, 0.6) is 5.75 Å². The highest BCUT2D eigenvalue weighted by atomic mass is 32.2. The lowest BCUT2D eigenvalue weighted by atomic mass is 9.96. The van der Waals surface area contributed by atoms with E-state index in [1.165, 1.54) is 46.4 Å². The molecular weight excluding hydrogens is 613 g/mol. The van der Waals surface area contributed by atoms with Gasteiger partial charge in [-0.05, 0) is 79.1 Å². The third-order valence-electron chi connectivity index (χ3n) is 7.65. The number of halogens is 3. The van der Waals surface area contributed by atoms with Gasteiger partial charge in [0.05, 0.1) is 5.69 Å². The maximum atomic E-state index is 12.9. The molecule has 0 radical (unpaired) electrons. The van der Waals surface area contributed by atoms with Crippen molar-refractivity contribution < 1.29 is 22.7 Å². The number of nitrogens with zero attached hydrogens (tertiary/aromatic N) is 5. The first-order chi connectivity index (χ1) is 22.1. The molecule has 12 heteroatoms. The van der Waals surface area contributed by atoms with Crippen LogP contribution < -0.4 is 15.0 Å². The van der Waals surface area contributed by atoms with Crippen LogP contribution in [0.4, 0.5) is 23.7 Å². The van der Waals surface area contributed by atoms with Gasteiger partial charge in [0.2, 0.25) is 0 Å². The molecule has 4 aromatic rings. The van der Waals surface area contributed by atoms with Gasteiger partial charge in [0.15, 0.2) is 11.0 Å². The van der Waals surface area contributed by atoms with E-state index in [9.17, 15) is 18.0 Å². The zero-order valence-electron chi connectivity index (χ0n) is 26.1. The number of carbonyl (C=O) groups excluding carboxylic acids is 1. The van der Waals surface area contributed by atoms with Gasteiger partial charge in [-0.3, -0.25) is 0 Å². The number of nitrogens with one attached hydrogen (secondary N) is 1. The number of anilines is 1. The molecule has 2 amide bonds. The van der Waals surface area contributed by atoms with E-state index in [1.54, 1.807) is 11.8 Å². The average molecular weight is 651 g/mol. The molecule has 0 bridgehead atoms. The summed E-state index contributed by atoms with van der Waals surface area (Å²) in [5, 5.41) is 8.19. The molecule has 1 unspecified atom stereocenters. The monoisotopic (exact) mass is 650 g/mol. The van der Waals surface area contributed by atoms with Crippen LogP contribution in [0.3, 0.4) is 0 Å². The molecule has 1 aromatic heterocycles. The molecule has 8 nitrogen and oxygen atoms in total. The number of aromatic nitrogens is 3. The highest BCUT2D eigenvalue weighted by Gasteiger charge is 2.31. The molecule has 1 fully saturated rings. The second kappa shape index (κ2) is 14.8. The van der Waals surface area contributed by atoms with Crippen LogP contribution in [-0.2, 0) is 6.42 Å². The van der Waals surface area contributed by atoms with Gasteiger partial charge in [0, 0.05) is 30.1 Å². The largest absolute Gasteiger partial charge is 0.573 e. The van der Waals surface area contributed by atoms with Crippen molar-refractivity contribution in [1.29, 1.82) is 0 Å². The second-order valence-electron chi connectivity index (χ2n) is 11.2. The van der Waals surface area contributed by atoms with Crippen molar-refractivity contribution in [3.05, 3.63) is 89.7 Å².